The van der Waals surface area contributed by atoms with Crippen LogP contribution in [0.1, 0.15) is 83.6 Å². The van der Waals surface area contributed by atoms with Gasteiger partial charge in [-0.2, -0.15) is 0 Å². The van der Waals surface area contributed by atoms with E-state index in [2.05, 4.69) is 34.4 Å². The van der Waals surface area contributed by atoms with Gasteiger partial charge >= 0.3 is 11.9 Å². The number of ether oxygens (including phenoxy) is 2. The van der Waals surface area contributed by atoms with Crippen molar-refractivity contribution in [3.63, 3.8) is 0 Å². The molecular weight excluding hydrogens is 845 g/mol. The van der Waals surface area contributed by atoms with Gasteiger partial charge in [0.1, 0.15) is 0 Å². The van der Waals surface area contributed by atoms with Crippen LogP contribution in [0.2, 0.25) is 0 Å². The molecule has 330 valence electrons. The zero-order valence-electron chi connectivity index (χ0n) is 35.5. The summed E-state index contributed by atoms with van der Waals surface area (Å²) in [6, 6.07) is 30.7. The third-order valence-electron chi connectivity index (χ3n) is 9.95. The van der Waals surface area contributed by atoms with Gasteiger partial charge in [0.2, 0.25) is 0 Å². The van der Waals surface area contributed by atoms with Gasteiger partial charge in [-0.05, 0) is 85.8 Å². The van der Waals surface area contributed by atoms with E-state index in [1.165, 1.54) is 49.5 Å². The van der Waals surface area contributed by atoms with E-state index < -0.39 is 60.2 Å². The van der Waals surface area contributed by atoms with Crippen LogP contribution >= 0.6 is 0 Å². The maximum Gasteiger partial charge on any atom is 0.339 e. The van der Waals surface area contributed by atoms with Crippen molar-refractivity contribution in [3.8, 4) is 0 Å². The minimum Gasteiger partial charge on any atom is -0.454 e. The monoisotopic (exact) mass is 884 g/mol. The maximum absolute atomic E-state index is 14.0. The van der Waals surface area contributed by atoms with E-state index in [0.29, 0.717) is 27.7 Å². The van der Waals surface area contributed by atoms with Crippen molar-refractivity contribution in [1.29, 1.82) is 0 Å². The van der Waals surface area contributed by atoms with Crippen LogP contribution in [0.4, 0.5) is 17.1 Å². The van der Waals surface area contributed by atoms with E-state index in [4.69, 9.17) is 9.47 Å². The van der Waals surface area contributed by atoms with Crippen molar-refractivity contribution >= 4 is 80.8 Å². The molecule has 0 aromatic heterocycles. The Morgan fingerprint density at radius 1 is 0.485 bits per heavy atom. The third-order valence-corrected chi connectivity index (χ3v) is 9.95. The SMILES string of the molecule is C=CC(=O)COC(=O)c1ccc(C(=O)c2ccc(C(=O)OCC(=O)C=C)c(C(=O)Nc3cccc(C(=O)Nc4ccc(NC(=O)c5cccc(C)c5)c5ccccc45)c3)c2)cc1C(=O)NC. The molecule has 4 N–H and O–H groups in total. The van der Waals surface area contributed by atoms with Gasteiger partial charge < -0.3 is 30.7 Å². The highest BCUT2D eigenvalue weighted by Gasteiger charge is 2.25. The molecule has 0 fully saturated rings. The van der Waals surface area contributed by atoms with Gasteiger partial charge in [0.25, 0.3) is 23.6 Å². The zero-order chi connectivity index (χ0) is 47.5. The van der Waals surface area contributed by atoms with E-state index in [0.717, 1.165) is 35.9 Å². The summed E-state index contributed by atoms with van der Waals surface area (Å²) in [6.45, 7) is 7.25. The van der Waals surface area contributed by atoms with E-state index in [-0.39, 0.29) is 50.5 Å². The number of ketones is 3. The molecule has 0 heterocycles. The molecule has 15 heteroatoms. The van der Waals surface area contributed by atoms with E-state index in [1.54, 1.807) is 48.5 Å². The van der Waals surface area contributed by atoms with Gasteiger partial charge in [-0.15, -0.1) is 0 Å². The fourth-order valence-electron chi connectivity index (χ4n) is 6.58. The number of fused-ring (bicyclic) bond motifs is 1. The Hall–Kier alpha value is -9.11. The Kier molecular flexibility index (Phi) is 14.6. The summed E-state index contributed by atoms with van der Waals surface area (Å²) < 4.78 is 10.1. The zero-order valence-corrected chi connectivity index (χ0v) is 35.5. The molecule has 6 rings (SSSR count). The van der Waals surface area contributed by atoms with E-state index in [1.807, 2.05) is 19.1 Å². The number of carbonyl (C=O) groups is 9. The molecule has 0 aliphatic carbocycles. The van der Waals surface area contributed by atoms with Crippen LogP contribution < -0.4 is 21.3 Å². The van der Waals surface area contributed by atoms with E-state index in [9.17, 15) is 43.2 Å². The lowest BCUT2D eigenvalue weighted by Crippen LogP contribution is -2.23. The topological polar surface area (TPSA) is 220 Å². The first kappa shape index (κ1) is 46.4. The van der Waals surface area contributed by atoms with Crippen molar-refractivity contribution < 1.29 is 52.6 Å². The number of carbonyl (C=O) groups excluding carboxylic acids is 9. The van der Waals surface area contributed by atoms with Crippen LogP contribution in [-0.2, 0) is 19.1 Å². The van der Waals surface area contributed by atoms with Crippen LogP contribution in [0.5, 0.6) is 0 Å². The number of anilines is 3. The summed E-state index contributed by atoms with van der Waals surface area (Å²) in [5.74, 6) is -6.51. The fraction of sp³-hybridized carbons (Fsp3) is 0.0784. The first-order chi connectivity index (χ1) is 31.7. The van der Waals surface area contributed by atoms with Crippen LogP contribution in [0, 0.1) is 6.92 Å². The van der Waals surface area contributed by atoms with Crippen molar-refractivity contribution in [2.45, 2.75) is 6.92 Å². The van der Waals surface area contributed by atoms with Gasteiger partial charge in [0.15, 0.2) is 30.6 Å². The summed E-state index contributed by atoms with van der Waals surface area (Å²) in [6.07, 6.45) is 1.92. The number of nitrogens with one attached hydrogen (secondary N) is 4. The molecule has 0 saturated carbocycles. The fourth-order valence-corrected chi connectivity index (χ4v) is 6.58. The summed E-state index contributed by atoms with van der Waals surface area (Å²) >= 11 is 0. The average Bonchev–Trinajstić information content (AvgIpc) is 3.34. The normalized spacial score (nSPS) is 10.5. The molecule has 6 aromatic rings. The Labute approximate surface area is 377 Å². The minimum absolute atomic E-state index is 0.0984. The molecule has 0 radical (unpaired) electrons. The van der Waals surface area contributed by atoms with Crippen molar-refractivity contribution in [2.24, 2.45) is 0 Å². The van der Waals surface area contributed by atoms with Crippen molar-refractivity contribution in [1.82, 2.24) is 5.32 Å². The number of aryl methyl sites for hydroxylation is 1. The first-order valence-electron chi connectivity index (χ1n) is 20.0. The molecular formula is C51H40N4O11. The lowest BCUT2D eigenvalue weighted by atomic mass is 9.95. The van der Waals surface area contributed by atoms with Gasteiger partial charge in [-0.25, -0.2) is 9.59 Å². The average molecular weight is 885 g/mol. The number of rotatable bonds is 17. The van der Waals surface area contributed by atoms with Gasteiger partial charge in [0, 0.05) is 57.1 Å². The van der Waals surface area contributed by atoms with Gasteiger partial charge in [0.05, 0.1) is 22.3 Å². The van der Waals surface area contributed by atoms with Crippen LogP contribution in [0.3, 0.4) is 0 Å². The highest BCUT2D eigenvalue weighted by molar-refractivity contribution is 6.18. The second-order valence-electron chi connectivity index (χ2n) is 14.4. The highest BCUT2D eigenvalue weighted by atomic mass is 16.5. The highest BCUT2D eigenvalue weighted by Crippen LogP contribution is 2.31. The number of benzene rings is 6. The van der Waals surface area contributed by atoms with Crippen LogP contribution in [0.15, 0.2) is 147 Å². The smallest absolute Gasteiger partial charge is 0.339 e. The largest absolute Gasteiger partial charge is 0.454 e. The first-order valence-corrected chi connectivity index (χ1v) is 20.0. The predicted molar refractivity (Wildman–Crippen MR) is 246 cm³/mol. The minimum atomic E-state index is -1.07. The number of hydrogen-bond acceptors (Lipinski definition) is 11. The molecule has 0 aliphatic heterocycles. The summed E-state index contributed by atoms with van der Waals surface area (Å²) in [4.78, 5) is 117. The molecule has 15 nitrogen and oxygen atoms in total. The van der Waals surface area contributed by atoms with Crippen molar-refractivity contribution in [2.75, 3.05) is 36.2 Å². The molecule has 6 aromatic carbocycles. The Bertz CT molecular complexity index is 3030. The lowest BCUT2D eigenvalue weighted by Gasteiger charge is -2.14. The molecule has 0 spiro atoms. The number of amides is 4. The maximum atomic E-state index is 14.0. The van der Waals surface area contributed by atoms with Gasteiger partial charge in [-0.3, -0.25) is 33.6 Å². The Morgan fingerprint density at radius 2 is 0.970 bits per heavy atom. The standard InChI is InChI=1S/C51H40N4O11/c1-5-35(56)27-65-50(63)39-19-17-30(25-41(39)48(61)52-4)45(58)31-18-20-40(51(64)66-28-36(57)6-2)42(26-31)49(62)53-34-14-10-13-33(24-34)47(60)55-44-22-21-43(37-15-7-8-16-38(37)44)54-46(59)32-12-9-11-29(3)23-32/h5-26H,1-2,27-28H2,3-4H3,(H,52,61)(H,53,62)(H,54,59)(H,55,60). The summed E-state index contributed by atoms with van der Waals surface area (Å²) in [5, 5.41) is 12.2. The summed E-state index contributed by atoms with van der Waals surface area (Å²) in [5.41, 5.74) is 1.25. The predicted octanol–water partition coefficient (Wildman–Crippen LogP) is 7.32. The molecule has 0 bridgehead atoms. The van der Waals surface area contributed by atoms with Crippen LogP contribution in [-0.4, -0.2) is 73.2 Å². The summed E-state index contributed by atoms with van der Waals surface area (Å²) in [7, 11) is 1.30. The Morgan fingerprint density at radius 3 is 1.45 bits per heavy atom. The van der Waals surface area contributed by atoms with Crippen molar-refractivity contribution in [3.05, 3.63) is 197 Å². The molecule has 0 unspecified atom stereocenters. The van der Waals surface area contributed by atoms with Gasteiger partial charge in [-0.1, -0.05) is 73.3 Å². The second kappa shape index (κ2) is 20.8. The van der Waals surface area contributed by atoms with Crippen LogP contribution in [0.25, 0.3) is 10.8 Å². The quantitative estimate of drug-likeness (QED) is 0.0404. The molecule has 4 amide bonds. The second-order valence-corrected chi connectivity index (χ2v) is 14.4. The Balaban J connectivity index is 1.26. The number of esters is 2. The lowest BCUT2D eigenvalue weighted by molar-refractivity contribution is -0.118. The molecule has 0 saturated heterocycles. The molecule has 66 heavy (non-hydrogen) atoms. The van der Waals surface area contributed by atoms with E-state index >= 15 is 0 Å². The number of hydrogen-bond donors (Lipinski definition) is 4. The third kappa shape index (κ3) is 10.9. The molecule has 0 aliphatic rings. The molecule has 0 atom stereocenters.